The van der Waals surface area contributed by atoms with E-state index < -0.39 is 0 Å². The monoisotopic (exact) mass is 375 g/mol. The number of rotatable bonds is 3. The molecule has 0 aliphatic carbocycles. The van der Waals surface area contributed by atoms with Crippen LogP contribution in [0, 0.1) is 6.92 Å². The Morgan fingerprint density at radius 2 is 1.75 bits per heavy atom. The Morgan fingerprint density at radius 3 is 2.50 bits per heavy atom. The van der Waals surface area contributed by atoms with Gasteiger partial charge in [-0.2, -0.15) is 5.10 Å². The molecule has 2 aromatic heterocycles. The molecule has 1 N–H and O–H groups in total. The van der Waals surface area contributed by atoms with Crippen molar-refractivity contribution < 1.29 is 0 Å². The van der Waals surface area contributed by atoms with Crippen LogP contribution in [0.5, 0.6) is 0 Å². The molecule has 28 heavy (non-hydrogen) atoms. The average molecular weight is 375 g/mol. The average Bonchev–Trinajstić information content (AvgIpc) is 3.42. The molecule has 1 aromatic carbocycles. The van der Waals surface area contributed by atoms with Crippen molar-refractivity contribution in [1.82, 2.24) is 30.2 Å². The van der Waals surface area contributed by atoms with E-state index in [0.717, 1.165) is 47.9 Å². The molecule has 5 rings (SSSR count). The van der Waals surface area contributed by atoms with Crippen molar-refractivity contribution in [2.24, 2.45) is 7.05 Å². The minimum Gasteiger partial charge on any atom is -0.356 e. The molecule has 4 heterocycles. The lowest BCUT2D eigenvalue weighted by Gasteiger charge is -2.18. The van der Waals surface area contributed by atoms with Gasteiger partial charge in [-0.15, -0.1) is 0 Å². The molecule has 0 radical (unpaired) electrons. The fourth-order valence-corrected chi connectivity index (χ4v) is 4.29. The summed E-state index contributed by atoms with van der Waals surface area (Å²) >= 11 is 0. The van der Waals surface area contributed by atoms with Crippen molar-refractivity contribution >= 4 is 28.1 Å². The highest BCUT2D eigenvalue weighted by molar-refractivity contribution is 6.03. The second-order valence-electron chi connectivity index (χ2n) is 7.65. The number of hydrogen-bond acceptors (Lipinski definition) is 6. The van der Waals surface area contributed by atoms with Gasteiger partial charge in [0.15, 0.2) is 5.65 Å². The number of nitrogens with zero attached hydrogens (tertiary/aromatic N) is 6. The lowest BCUT2D eigenvalue weighted by molar-refractivity contribution is 0.392. The molecule has 7 heteroatoms. The van der Waals surface area contributed by atoms with Crippen LogP contribution < -0.4 is 10.3 Å². The predicted molar refractivity (Wildman–Crippen MR) is 112 cm³/mol. The third-order valence-corrected chi connectivity index (χ3v) is 5.73. The van der Waals surface area contributed by atoms with E-state index in [1.165, 1.54) is 29.5 Å². The number of aromatic nitrogens is 4. The van der Waals surface area contributed by atoms with Crippen molar-refractivity contribution in [3.8, 4) is 0 Å². The second kappa shape index (κ2) is 6.60. The number of aryl methyl sites for hydroxylation is 2. The maximum absolute atomic E-state index is 4.89. The number of nitrogens with one attached hydrogen (secondary N) is 1. The van der Waals surface area contributed by atoms with Gasteiger partial charge in [-0.3, -0.25) is 0 Å². The summed E-state index contributed by atoms with van der Waals surface area (Å²) < 4.78 is 1.88. The molecule has 0 spiro atoms. The number of hydrogen-bond donors (Lipinski definition) is 1. The normalized spacial score (nSPS) is 17.4. The van der Waals surface area contributed by atoms with Gasteiger partial charge in [-0.1, -0.05) is 29.8 Å². The van der Waals surface area contributed by atoms with Gasteiger partial charge in [-0.25, -0.2) is 20.1 Å². The molecule has 1 saturated heterocycles. The fourth-order valence-electron chi connectivity index (χ4n) is 4.29. The summed E-state index contributed by atoms with van der Waals surface area (Å²) in [6, 6.07) is 8.66. The Morgan fingerprint density at radius 1 is 1.00 bits per heavy atom. The highest BCUT2D eigenvalue weighted by Gasteiger charge is 2.29. The number of benzene rings is 1. The van der Waals surface area contributed by atoms with E-state index in [1.807, 2.05) is 11.7 Å². The third-order valence-electron chi connectivity index (χ3n) is 5.73. The molecule has 3 aromatic rings. The number of hydrazine groups is 1. The lowest BCUT2D eigenvalue weighted by Crippen LogP contribution is -2.26. The van der Waals surface area contributed by atoms with Gasteiger partial charge in [0, 0.05) is 39.3 Å². The largest absolute Gasteiger partial charge is 0.356 e. The molecule has 144 valence electrons. The van der Waals surface area contributed by atoms with Crippen molar-refractivity contribution in [2.75, 3.05) is 31.6 Å². The minimum absolute atomic E-state index is 0.736. The van der Waals surface area contributed by atoms with Gasteiger partial charge in [0.25, 0.3) is 0 Å². The molecular weight excluding hydrogens is 350 g/mol. The zero-order valence-corrected chi connectivity index (χ0v) is 16.6. The quantitative estimate of drug-likeness (QED) is 0.759. The third kappa shape index (κ3) is 2.65. The van der Waals surface area contributed by atoms with Crippen LogP contribution in [-0.4, -0.2) is 51.4 Å². The van der Waals surface area contributed by atoms with Crippen molar-refractivity contribution in [2.45, 2.75) is 19.8 Å². The summed E-state index contributed by atoms with van der Waals surface area (Å²) in [5.74, 6) is 1.01. The van der Waals surface area contributed by atoms with E-state index in [2.05, 4.69) is 63.5 Å². The van der Waals surface area contributed by atoms with Crippen LogP contribution in [-0.2, 0) is 7.05 Å². The molecule has 0 atom stereocenters. The Labute approximate surface area is 164 Å². The highest BCUT2D eigenvalue weighted by Crippen LogP contribution is 2.37. The van der Waals surface area contributed by atoms with Crippen molar-refractivity contribution in [3.63, 3.8) is 0 Å². The van der Waals surface area contributed by atoms with E-state index in [1.54, 1.807) is 6.33 Å². The van der Waals surface area contributed by atoms with Gasteiger partial charge in [0.05, 0.1) is 11.1 Å². The van der Waals surface area contributed by atoms with Crippen LogP contribution in [0.15, 0.2) is 30.6 Å². The van der Waals surface area contributed by atoms with Gasteiger partial charge in [-0.05, 0) is 25.3 Å². The minimum atomic E-state index is 0.736. The summed E-state index contributed by atoms with van der Waals surface area (Å²) in [4.78, 5) is 11.6. The molecule has 1 fully saturated rings. The van der Waals surface area contributed by atoms with Crippen LogP contribution in [0.2, 0.25) is 0 Å². The number of anilines is 1. The molecule has 0 unspecified atom stereocenters. The first-order chi connectivity index (χ1) is 13.6. The zero-order chi connectivity index (χ0) is 19.3. The van der Waals surface area contributed by atoms with E-state index >= 15 is 0 Å². The van der Waals surface area contributed by atoms with Gasteiger partial charge < -0.3 is 9.91 Å². The van der Waals surface area contributed by atoms with Crippen LogP contribution in [0.4, 0.5) is 5.82 Å². The van der Waals surface area contributed by atoms with Crippen LogP contribution in [0.25, 0.3) is 22.3 Å². The van der Waals surface area contributed by atoms with Crippen molar-refractivity contribution in [1.29, 1.82) is 0 Å². The first-order valence-corrected chi connectivity index (χ1v) is 9.84. The highest BCUT2D eigenvalue weighted by atomic mass is 15.5. The van der Waals surface area contributed by atoms with Gasteiger partial charge >= 0.3 is 0 Å². The maximum atomic E-state index is 4.89. The Balaban J connectivity index is 1.74. The van der Waals surface area contributed by atoms with Gasteiger partial charge in [0.1, 0.15) is 17.8 Å². The number of fused-ring (bicyclic) bond motifs is 1. The summed E-state index contributed by atoms with van der Waals surface area (Å²) in [5, 5.41) is 8.05. The molecular formula is C21H25N7. The Kier molecular flexibility index (Phi) is 4.05. The second-order valence-corrected chi connectivity index (χ2v) is 7.65. The summed E-state index contributed by atoms with van der Waals surface area (Å²) in [5.41, 5.74) is 10.1. The summed E-state index contributed by atoms with van der Waals surface area (Å²) in [6.45, 7) is 4.94. The van der Waals surface area contributed by atoms with E-state index in [-0.39, 0.29) is 0 Å². The molecule has 7 nitrogen and oxygen atoms in total. The smallest absolute Gasteiger partial charge is 0.163 e. The molecule has 2 aliphatic heterocycles. The zero-order valence-electron chi connectivity index (χ0n) is 16.6. The van der Waals surface area contributed by atoms with Crippen LogP contribution in [0.1, 0.15) is 29.7 Å². The van der Waals surface area contributed by atoms with Gasteiger partial charge in [0.2, 0.25) is 0 Å². The van der Waals surface area contributed by atoms with E-state index in [4.69, 9.17) is 5.10 Å². The predicted octanol–water partition coefficient (Wildman–Crippen LogP) is 2.59. The molecule has 0 bridgehead atoms. The van der Waals surface area contributed by atoms with E-state index in [9.17, 15) is 0 Å². The van der Waals surface area contributed by atoms with Crippen LogP contribution >= 0.6 is 0 Å². The van der Waals surface area contributed by atoms with Crippen LogP contribution in [0.3, 0.4) is 0 Å². The molecule has 2 aliphatic rings. The fraction of sp³-hybridized carbons (Fsp3) is 0.381. The van der Waals surface area contributed by atoms with E-state index in [0.29, 0.717) is 0 Å². The first kappa shape index (κ1) is 17.2. The Bertz CT molecular complexity index is 1060. The topological polar surface area (TPSA) is 62.1 Å². The first-order valence-electron chi connectivity index (χ1n) is 9.84. The maximum Gasteiger partial charge on any atom is 0.163 e. The Hall–Kier alpha value is -2.93. The van der Waals surface area contributed by atoms with Crippen molar-refractivity contribution in [3.05, 3.63) is 47.4 Å². The molecule has 0 saturated carbocycles. The standard InChI is InChI=1S/C21H25N7/c1-14-6-8-15(9-7-14)19-16(12-24-26(19)2)18-17-20(27(3)25-18)22-13-23-21(17)28-10-4-5-11-28/h6-9,13,24H,4-5,10-12H2,1-3H3. The molecule has 0 amide bonds. The summed E-state index contributed by atoms with van der Waals surface area (Å²) in [6.07, 6.45) is 4.08. The SMILES string of the molecule is Cc1ccc(C2=C(c3nn(C)c4ncnc(N5CCCC5)c34)CNN2C)cc1. The lowest BCUT2D eigenvalue weighted by atomic mass is 10.0. The summed E-state index contributed by atoms with van der Waals surface area (Å²) in [7, 11) is 4.02.